The van der Waals surface area contributed by atoms with Gasteiger partial charge >= 0.3 is 11.9 Å². The molecule has 0 saturated carbocycles. The number of hydrogen-bond acceptors (Lipinski definition) is 3. The van der Waals surface area contributed by atoms with Gasteiger partial charge < -0.3 is 14.8 Å². The Morgan fingerprint density at radius 1 is 1.07 bits per heavy atom. The van der Waals surface area contributed by atoms with Crippen LogP contribution in [0.25, 0.3) is 0 Å². The average Bonchev–Trinajstić information content (AvgIpc) is 3.39. The van der Waals surface area contributed by atoms with E-state index in [1.54, 1.807) is 23.5 Å². The van der Waals surface area contributed by atoms with Gasteiger partial charge in [0.05, 0.1) is 5.56 Å². The minimum Gasteiger partial charge on any atom is -0.478 e. The van der Waals surface area contributed by atoms with Crippen molar-refractivity contribution in [2.75, 3.05) is 0 Å². The highest BCUT2D eigenvalue weighted by atomic mass is 32.1. The van der Waals surface area contributed by atoms with E-state index in [0.29, 0.717) is 12.0 Å². The number of rotatable bonds is 9. The summed E-state index contributed by atoms with van der Waals surface area (Å²) < 4.78 is 2.23. The van der Waals surface area contributed by atoms with Crippen molar-refractivity contribution in [1.29, 1.82) is 0 Å². The molecule has 5 nitrogen and oxygen atoms in total. The number of benzene rings is 1. The molecule has 0 aliphatic carbocycles. The Morgan fingerprint density at radius 3 is 2.37 bits per heavy atom. The molecule has 6 heteroatoms. The van der Waals surface area contributed by atoms with Gasteiger partial charge in [0.25, 0.3) is 0 Å². The third-order valence-corrected chi connectivity index (χ3v) is 5.41. The van der Waals surface area contributed by atoms with Crippen LogP contribution in [-0.4, -0.2) is 26.7 Å². The molecule has 0 amide bonds. The summed E-state index contributed by atoms with van der Waals surface area (Å²) in [4.78, 5) is 22.2. The molecule has 2 aromatic heterocycles. The van der Waals surface area contributed by atoms with E-state index >= 15 is 0 Å². The fourth-order valence-corrected chi connectivity index (χ4v) is 3.58. The molecule has 0 bridgehead atoms. The number of aliphatic carboxylic acids is 1. The lowest BCUT2D eigenvalue weighted by atomic mass is 10.1. The lowest BCUT2D eigenvalue weighted by Crippen LogP contribution is -2.04. The van der Waals surface area contributed by atoms with Crippen LogP contribution in [0, 0.1) is 0 Å². The van der Waals surface area contributed by atoms with E-state index in [1.165, 1.54) is 18.5 Å². The average molecular weight is 426 g/mol. The number of carbonyl (C=O) groups is 2. The van der Waals surface area contributed by atoms with Gasteiger partial charge in [0.1, 0.15) is 0 Å². The van der Waals surface area contributed by atoms with Crippen LogP contribution in [-0.2, 0) is 24.2 Å². The van der Waals surface area contributed by atoms with E-state index in [1.807, 2.05) is 29.6 Å². The number of hydrogen-bond donors (Lipinski definition) is 2. The quantitative estimate of drug-likeness (QED) is 0.443. The molecular weight excluding hydrogens is 398 g/mol. The summed E-state index contributed by atoms with van der Waals surface area (Å²) >= 11 is 1.54. The highest BCUT2D eigenvalue weighted by molar-refractivity contribution is 7.09. The van der Waals surface area contributed by atoms with E-state index in [0.717, 1.165) is 23.4 Å². The fraction of sp³-hybridized carbons (Fsp3) is 0.250. The zero-order valence-corrected chi connectivity index (χ0v) is 17.9. The van der Waals surface area contributed by atoms with E-state index in [9.17, 15) is 9.59 Å². The lowest BCUT2D eigenvalue weighted by molar-refractivity contribution is -0.132. The van der Waals surface area contributed by atoms with Gasteiger partial charge in [-0.25, -0.2) is 9.59 Å². The van der Waals surface area contributed by atoms with Crippen LogP contribution in [0.2, 0.25) is 0 Å². The number of thiophene rings is 1. The molecular formula is C24H27NO4S. The number of nitrogens with zero attached hydrogens (tertiary/aromatic N) is 1. The van der Waals surface area contributed by atoms with Crippen molar-refractivity contribution in [3.8, 4) is 0 Å². The number of aromatic nitrogens is 1. The molecule has 0 radical (unpaired) electrons. The normalized spacial score (nSPS) is 10.2. The number of carboxylic acids is 2. The Labute approximate surface area is 180 Å². The first-order valence-corrected chi connectivity index (χ1v) is 10.7. The molecule has 0 aliphatic rings. The first kappa shape index (κ1) is 23.2. The van der Waals surface area contributed by atoms with E-state index < -0.39 is 11.9 Å². The van der Waals surface area contributed by atoms with Crippen LogP contribution in [0.1, 0.15) is 46.3 Å². The zero-order chi connectivity index (χ0) is 21.9. The summed E-state index contributed by atoms with van der Waals surface area (Å²) in [5, 5.41) is 19.3. The van der Waals surface area contributed by atoms with Gasteiger partial charge in [0, 0.05) is 35.3 Å². The van der Waals surface area contributed by atoms with Gasteiger partial charge in [-0.3, -0.25) is 0 Å². The minimum absolute atomic E-state index is 0.243. The first-order valence-electron chi connectivity index (χ1n) is 9.80. The third kappa shape index (κ3) is 7.37. The molecule has 0 atom stereocenters. The summed E-state index contributed by atoms with van der Waals surface area (Å²) in [5.74, 6) is -1.80. The lowest BCUT2D eigenvalue weighted by Gasteiger charge is -2.09. The van der Waals surface area contributed by atoms with E-state index in [2.05, 4.69) is 36.4 Å². The molecule has 3 aromatic rings. The largest absolute Gasteiger partial charge is 0.478 e. The standard InChI is InChI=1S/C16H19NO2.C8H8O2S/c1-2-3-5-15-6-4-11-17(15)12-13-7-9-14(10-8-13)16(18)19;1-6(8(9)10)5-7-3-2-4-11-7/h4,6-11H,2-3,5,12H2,1H3,(H,18,19);2-4H,1,5H2,(H,9,10). The predicted octanol–water partition coefficient (Wildman–Crippen LogP) is 5.51. The van der Waals surface area contributed by atoms with Crippen molar-refractivity contribution in [2.24, 2.45) is 0 Å². The minimum atomic E-state index is -0.918. The van der Waals surface area contributed by atoms with Gasteiger partial charge in [-0.1, -0.05) is 38.1 Å². The molecule has 0 aliphatic heterocycles. The van der Waals surface area contributed by atoms with Crippen LogP contribution in [0.3, 0.4) is 0 Å². The number of aryl methyl sites for hydroxylation is 1. The third-order valence-electron chi connectivity index (χ3n) is 4.53. The Bertz CT molecular complexity index is 956. The van der Waals surface area contributed by atoms with Gasteiger partial charge in [0.15, 0.2) is 0 Å². The molecule has 2 N–H and O–H groups in total. The van der Waals surface area contributed by atoms with Crippen LogP contribution in [0.4, 0.5) is 0 Å². The Kier molecular flexibility index (Phi) is 9.09. The summed E-state index contributed by atoms with van der Waals surface area (Å²) in [6.07, 6.45) is 6.01. The summed E-state index contributed by atoms with van der Waals surface area (Å²) in [7, 11) is 0. The van der Waals surface area contributed by atoms with Gasteiger partial charge in [0.2, 0.25) is 0 Å². The molecule has 0 fully saturated rings. The number of carboxylic acid groups (broad SMARTS) is 2. The van der Waals surface area contributed by atoms with Crippen molar-refractivity contribution in [1.82, 2.24) is 4.57 Å². The van der Waals surface area contributed by atoms with Gasteiger partial charge in [-0.2, -0.15) is 0 Å². The molecule has 3 rings (SSSR count). The first-order chi connectivity index (χ1) is 14.4. The monoisotopic (exact) mass is 425 g/mol. The smallest absolute Gasteiger partial charge is 0.335 e. The van der Waals surface area contributed by atoms with Crippen molar-refractivity contribution in [2.45, 2.75) is 39.2 Å². The van der Waals surface area contributed by atoms with Crippen LogP contribution in [0.5, 0.6) is 0 Å². The highest BCUT2D eigenvalue weighted by Crippen LogP contribution is 2.13. The van der Waals surface area contributed by atoms with Crippen molar-refractivity contribution in [3.63, 3.8) is 0 Å². The second kappa shape index (κ2) is 11.8. The predicted molar refractivity (Wildman–Crippen MR) is 120 cm³/mol. The topological polar surface area (TPSA) is 79.5 Å². The SMILES string of the molecule is C=C(Cc1cccs1)C(=O)O.CCCCc1cccn1Cc1ccc(C(=O)O)cc1. The Morgan fingerprint density at radius 2 is 1.80 bits per heavy atom. The maximum absolute atomic E-state index is 10.8. The van der Waals surface area contributed by atoms with Crippen molar-refractivity contribution < 1.29 is 19.8 Å². The van der Waals surface area contributed by atoms with Crippen molar-refractivity contribution >= 4 is 23.3 Å². The van der Waals surface area contributed by atoms with E-state index in [4.69, 9.17) is 10.2 Å². The summed E-state index contributed by atoms with van der Waals surface area (Å²) in [5.41, 5.74) is 3.04. The maximum Gasteiger partial charge on any atom is 0.335 e. The van der Waals surface area contributed by atoms with Gasteiger partial charge in [-0.15, -0.1) is 11.3 Å². The van der Waals surface area contributed by atoms with Crippen LogP contribution < -0.4 is 0 Å². The Balaban J connectivity index is 0.000000248. The summed E-state index contributed by atoms with van der Waals surface area (Å²) in [6, 6.07) is 15.1. The summed E-state index contributed by atoms with van der Waals surface area (Å²) in [6.45, 7) is 6.43. The molecule has 0 saturated heterocycles. The van der Waals surface area contributed by atoms with Crippen LogP contribution in [0.15, 0.2) is 72.3 Å². The molecule has 2 heterocycles. The highest BCUT2D eigenvalue weighted by Gasteiger charge is 2.05. The second-order valence-electron chi connectivity index (χ2n) is 6.90. The number of unbranched alkanes of at least 4 members (excludes halogenated alkanes) is 1. The van der Waals surface area contributed by atoms with Crippen LogP contribution >= 0.6 is 11.3 Å². The molecule has 1 aromatic carbocycles. The maximum atomic E-state index is 10.8. The number of aromatic carboxylic acids is 1. The zero-order valence-electron chi connectivity index (χ0n) is 17.1. The molecule has 0 unspecified atom stereocenters. The Hall–Kier alpha value is -3.12. The second-order valence-corrected chi connectivity index (χ2v) is 7.93. The van der Waals surface area contributed by atoms with E-state index in [-0.39, 0.29) is 5.57 Å². The fourth-order valence-electron chi connectivity index (χ4n) is 2.84. The van der Waals surface area contributed by atoms with Crippen molar-refractivity contribution in [3.05, 3.63) is 94.0 Å². The molecule has 30 heavy (non-hydrogen) atoms. The molecule has 0 spiro atoms. The van der Waals surface area contributed by atoms with Gasteiger partial charge in [-0.05, 0) is 54.1 Å². The molecule has 158 valence electrons.